The van der Waals surface area contributed by atoms with Crippen molar-refractivity contribution >= 4 is 21.6 Å². The summed E-state index contributed by atoms with van der Waals surface area (Å²) in [6.07, 6.45) is 1.90. The van der Waals surface area contributed by atoms with Gasteiger partial charge in [0.05, 0.1) is 23.3 Å². The second-order valence-electron chi connectivity index (χ2n) is 6.34. The number of amides is 1. The van der Waals surface area contributed by atoms with Crippen molar-refractivity contribution in [1.29, 1.82) is 0 Å². The van der Waals surface area contributed by atoms with Crippen LogP contribution in [-0.4, -0.2) is 40.6 Å². The highest BCUT2D eigenvalue weighted by Gasteiger charge is 2.21. The third-order valence-electron chi connectivity index (χ3n) is 4.42. The fourth-order valence-electron chi connectivity index (χ4n) is 2.97. The smallest absolute Gasteiger partial charge is 0.261 e. The molecule has 8 heteroatoms. The molecule has 144 valence electrons. The minimum absolute atomic E-state index is 0.0394. The summed E-state index contributed by atoms with van der Waals surface area (Å²) < 4.78 is 32.9. The van der Waals surface area contributed by atoms with Crippen LogP contribution >= 0.6 is 0 Å². The Labute approximate surface area is 159 Å². The molecule has 1 aliphatic heterocycles. The maximum absolute atomic E-state index is 12.7. The predicted octanol–water partition coefficient (Wildman–Crippen LogP) is 1.98. The summed E-state index contributed by atoms with van der Waals surface area (Å²) in [5, 5.41) is 6.20. The number of carbonyl (C=O) groups excluding carboxylic acids is 1. The van der Waals surface area contributed by atoms with Crippen molar-refractivity contribution in [2.75, 3.05) is 24.9 Å². The average Bonchev–Trinajstić information content (AvgIpc) is 2.69. The largest absolute Gasteiger partial charge is 0.497 e. The van der Waals surface area contributed by atoms with Crippen molar-refractivity contribution in [3.8, 4) is 5.75 Å². The van der Waals surface area contributed by atoms with Crippen LogP contribution in [-0.2, 0) is 10.0 Å². The number of carbonyl (C=O) groups is 1. The van der Waals surface area contributed by atoms with E-state index in [1.165, 1.54) is 19.2 Å². The van der Waals surface area contributed by atoms with Crippen LogP contribution in [0.4, 0.5) is 5.69 Å². The van der Waals surface area contributed by atoms with Gasteiger partial charge in [-0.15, -0.1) is 0 Å². The number of para-hydroxylation sites is 1. The molecule has 3 N–H and O–H groups in total. The first-order valence-corrected chi connectivity index (χ1v) is 10.3. The van der Waals surface area contributed by atoms with Crippen LogP contribution in [0, 0.1) is 0 Å². The quantitative estimate of drug-likeness (QED) is 0.702. The molecule has 1 aliphatic rings. The molecule has 0 aliphatic carbocycles. The van der Waals surface area contributed by atoms with Crippen molar-refractivity contribution in [2.24, 2.45) is 0 Å². The van der Waals surface area contributed by atoms with Crippen LogP contribution in [0.25, 0.3) is 0 Å². The molecule has 0 aromatic heterocycles. The monoisotopic (exact) mass is 389 g/mol. The number of sulfonamides is 1. The molecule has 1 atom stereocenters. The van der Waals surface area contributed by atoms with Crippen LogP contribution in [0.1, 0.15) is 23.2 Å². The summed E-state index contributed by atoms with van der Waals surface area (Å²) in [5.74, 6) is 0.270. The Hall–Kier alpha value is -2.58. The Morgan fingerprint density at radius 2 is 1.89 bits per heavy atom. The van der Waals surface area contributed by atoms with E-state index in [1.54, 1.807) is 36.4 Å². The molecule has 0 saturated carbocycles. The highest BCUT2D eigenvalue weighted by molar-refractivity contribution is 7.92. The van der Waals surface area contributed by atoms with Gasteiger partial charge in [0.15, 0.2) is 0 Å². The molecule has 7 nitrogen and oxygen atoms in total. The summed E-state index contributed by atoms with van der Waals surface area (Å²) in [5.41, 5.74) is 0.537. The van der Waals surface area contributed by atoms with E-state index >= 15 is 0 Å². The fourth-order valence-corrected chi connectivity index (χ4v) is 4.05. The van der Waals surface area contributed by atoms with E-state index in [4.69, 9.17) is 4.74 Å². The van der Waals surface area contributed by atoms with Crippen molar-refractivity contribution in [3.05, 3.63) is 54.1 Å². The Morgan fingerprint density at radius 1 is 1.15 bits per heavy atom. The van der Waals surface area contributed by atoms with E-state index < -0.39 is 10.0 Å². The highest BCUT2D eigenvalue weighted by atomic mass is 32.2. The van der Waals surface area contributed by atoms with Gasteiger partial charge in [-0.25, -0.2) is 8.42 Å². The van der Waals surface area contributed by atoms with Gasteiger partial charge in [-0.05, 0) is 55.8 Å². The second-order valence-corrected chi connectivity index (χ2v) is 8.03. The molecular formula is C19H23N3O4S. The predicted molar refractivity (Wildman–Crippen MR) is 104 cm³/mol. The Balaban J connectivity index is 1.79. The molecule has 0 radical (unpaired) electrons. The molecule has 2 aromatic rings. The summed E-state index contributed by atoms with van der Waals surface area (Å²) in [6.45, 7) is 1.66. The number of nitrogens with one attached hydrogen (secondary N) is 3. The SMILES string of the molecule is COc1ccc(S(=O)(=O)Nc2ccccc2C(=O)N[C@H]2CCCNC2)cc1. The first kappa shape index (κ1) is 19.2. The number of hydrogen-bond donors (Lipinski definition) is 3. The van der Waals surface area contributed by atoms with Crippen molar-refractivity contribution in [3.63, 3.8) is 0 Å². The van der Waals surface area contributed by atoms with Gasteiger partial charge in [0.2, 0.25) is 0 Å². The normalized spacial score (nSPS) is 17.1. The zero-order valence-corrected chi connectivity index (χ0v) is 15.9. The maximum atomic E-state index is 12.7. The van der Waals surface area contributed by atoms with Crippen molar-refractivity contribution < 1.29 is 17.9 Å². The van der Waals surface area contributed by atoms with Gasteiger partial charge < -0.3 is 15.4 Å². The van der Waals surface area contributed by atoms with Gasteiger partial charge in [0, 0.05) is 12.6 Å². The van der Waals surface area contributed by atoms with Gasteiger partial charge >= 0.3 is 0 Å². The lowest BCUT2D eigenvalue weighted by molar-refractivity contribution is 0.0931. The number of anilines is 1. The summed E-state index contributed by atoms with van der Waals surface area (Å²) in [4.78, 5) is 12.7. The number of rotatable bonds is 6. The van der Waals surface area contributed by atoms with Gasteiger partial charge in [0.25, 0.3) is 15.9 Å². The highest BCUT2D eigenvalue weighted by Crippen LogP contribution is 2.22. The van der Waals surface area contributed by atoms with Crippen molar-refractivity contribution in [1.82, 2.24) is 10.6 Å². The van der Waals surface area contributed by atoms with E-state index in [-0.39, 0.29) is 22.5 Å². The Morgan fingerprint density at radius 3 is 2.56 bits per heavy atom. The number of methoxy groups -OCH3 is 1. The Kier molecular flexibility index (Phi) is 5.98. The summed E-state index contributed by atoms with van der Waals surface area (Å²) >= 11 is 0. The van der Waals surface area contributed by atoms with Crippen LogP contribution < -0.4 is 20.1 Å². The first-order chi connectivity index (χ1) is 13.0. The second kappa shape index (κ2) is 8.41. The fraction of sp³-hybridized carbons (Fsp3) is 0.316. The summed E-state index contributed by atoms with van der Waals surface area (Å²) in [6, 6.07) is 12.7. The molecule has 0 spiro atoms. The standard InChI is InChI=1S/C19H23N3O4S/c1-26-15-8-10-16(11-9-15)27(24,25)22-18-7-3-2-6-17(18)19(23)21-14-5-4-12-20-13-14/h2-3,6-11,14,20,22H,4-5,12-13H2,1H3,(H,21,23)/t14-/m0/s1. The molecule has 1 heterocycles. The molecule has 3 rings (SSSR count). The van der Waals surface area contributed by atoms with Gasteiger partial charge in [0.1, 0.15) is 5.75 Å². The molecule has 0 bridgehead atoms. The average molecular weight is 389 g/mol. The molecule has 27 heavy (non-hydrogen) atoms. The number of ether oxygens (including phenoxy) is 1. The van der Waals surface area contributed by atoms with Gasteiger partial charge in [-0.3, -0.25) is 9.52 Å². The molecular weight excluding hydrogens is 366 g/mol. The number of benzene rings is 2. The van der Waals surface area contributed by atoms with E-state index in [9.17, 15) is 13.2 Å². The minimum Gasteiger partial charge on any atom is -0.497 e. The zero-order chi connectivity index (χ0) is 19.3. The van der Waals surface area contributed by atoms with Crippen molar-refractivity contribution in [2.45, 2.75) is 23.8 Å². The number of piperidine rings is 1. The first-order valence-electron chi connectivity index (χ1n) is 8.77. The molecule has 1 fully saturated rings. The Bertz CT molecular complexity index is 891. The molecule has 2 aromatic carbocycles. The van der Waals surface area contributed by atoms with E-state index in [0.29, 0.717) is 17.9 Å². The van der Waals surface area contributed by atoms with Gasteiger partial charge in [-0.1, -0.05) is 12.1 Å². The lowest BCUT2D eigenvalue weighted by Crippen LogP contribution is -2.45. The van der Waals surface area contributed by atoms with E-state index in [1.807, 2.05) is 0 Å². The van der Waals surface area contributed by atoms with Gasteiger partial charge in [-0.2, -0.15) is 0 Å². The van der Waals surface area contributed by atoms with E-state index in [0.717, 1.165) is 19.4 Å². The minimum atomic E-state index is -3.83. The lowest BCUT2D eigenvalue weighted by atomic mass is 10.1. The topological polar surface area (TPSA) is 96.5 Å². The van der Waals surface area contributed by atoms with Crippen LogP contribution in [0.5, 0.6) is 5.75 Å². The molecule has 0 unspecified atom stereocenters. The summed E-state index contributed by atoms with van der Waals surface area (Å²) in [7, 11) is -2.31. The zero-order valence-electron chi connectivity index (χ0n) is 15.1. The maximum Gasteiger partial charge on any atom is 0.261 e. The van der Waals surface area contributed by atoms with Crippen LogP contribution in [0.2, 0.25) is 0 Å². The van der Waals surface area contributed by atoms with Crippen LogP contribution in [0.15, 0.2) is 53.4 Å². The molecule has 1 saturated heterocycles. The van der Waals surface area contributed by atoms with Crippen LogP contribution in [0.3, 0.4) is 0 Å². The molecule has 1 amide bonds. The lowest BCUT2D eigenvalue weighted by Gasteiger charge is -2.24. The third kappa shape index (κ3) is 4.78. The van der Waals surface area contributed by atoms with E-state index in [2.05, 4.69) is 15.4 Å². The third-order valence-corrected chi connectivity index (χ3v) is 5.80. The number of hydrogen-bond acceptors (Lipinski definition) is 5.